The number of halogens is 5. The van der Waals surface area contributed by atoms with Crippen LogP contribution in [-0.4, -0.2) is 6.36 Å². The van der Waals surface area contributed by atoms with Crippen molar-refractivity contribution < 1.29 is 27.0 Å². The van der Waals surface area contributed by atoms with E-state index in [1.54, 1.807) is 6.07 Å². The molecule has 0 N–H and O–H groups in total. The van der Waals surface area contributed by atoms with E-state index in [0.29, 0.717) is 15.8 Å². The summed E-state index contributed by atoms with van der Waals surface area (Å²) in [7, 11) is 0. The highest BCUT2D eigenvalue weighted by Crippen LogP contribution is 2.24. The largest absolute Gasteiger partial charge is 0.573 e. The summed E-state index contributed by atoms with van der Waals surface area (Å²) in [5.74, 6) is -0.439. The highest BCUT2D eigenvalue weighted by atomic mass is 79.9. The lowest BCUT2D eigenvalue weighted by molar-refractivity contribution is -0.274. The van der Waals surface area contributed by atoms with Crippen LogP contribution in [0.1, 0.15) is 5.56 Å². The van der Waals surface area contributed by atoms with E-state index in [4.69, 9.17) is 4.74 Å². The van der Waals surface area contributed by atoms with Crippen LogP contribution in [0.15, 0.2) is 46.9 Å². The monoisotopic (exact) mass is 364 g/mol. The molecular weight excluding hydrogens is 356 g/mol. The van der Waals surface area contributed by atoms with Crippen molar-refractivity contribution >= 4 is 15.9 Å². The van der Waals surface area contributed by atoms with Crippen LogP contribution in [0.25, 0.3) is 0 Å². The molecule has 0 bridgehead atoms. The Hall–Kier alpha value is -1.76. The van der Waals surface area contributed by atoms with Crippen molar-refractivity contribution in [2.75, 3.05) is 0 Å². The second kappa shape index (κ2) is 6.34. The van der Waals surface area contributed by atoms with Gasteiger partial charge in [-0.05, 0) is 29.8 Å². The maximum absolute atomic E-state index is 13.1. The molecule has 112 valence electrons. The summed E-state index contributed by atoms with van der Waals surface area (Å²) in [5, 5.41) is 0. The molecule has 0 fully saturated rings. The van der Waals surface area contributed by atoms with Gasteiger partial charge in [0.25, 0.3) is 0 Å². The molecule has 2 aromatic rings. The first-order chi connectivity index (χ1) is 9.82. The molecule has 0 saturated heterocycles. The van der Waals surface area contributed by atoms with E-state index in [0.717, 1.165) is 0 Å². The van der Waals surface area contributed by atoms with Crippen LogP contribution < -0.4 is 9.47 Å². The zero-order chi connectivity index (χ0) is 15.5. The van der Waals surface area contributed by atoms with Crippen molar-refractivity contribution in [1.29, 1.82) is 0 Å². The Morgan fingerprint density at radius 1 is 0.952 bits per heavy atom. The van der Waals surface area contributed by atoms with Crippen molar-refractivity contribution in [2.45, 2.75) is 13.0 Å². The van der Waals surface area contributed by atoms with Gasteiger partial charge in [-0.25, -0.2) is 4.39 Å². The number of hydrogen-bond donors (Lipinski definition) is 0. The van der Waals surface area contributed by atoms with Crippen molar-refractivity contribution in [3.05, 3.63) is 58.3 Å². The van der Waals surface area contributed by atoms with Gasteiger partial charge in [0, 0.05) is 10.5 Å². The Balaban J connectivity index is 1.97. The van der Waals surface area contributed by atoms with Crippen LogP contribution in [-0.2, 0) is 6.61 Å². The summed E-state index contributed by atoms with van der Waals surface area (Å²) in [6, 6.07) is 9.35. The first-order valence-electron chi connectivity index (χ1n) is 5.75. The van der Waals surface area contributed by atoms with E-state index in [1.165, 1.54) is 36.4 Å². The molecule has 7 heteroatoms. The van der Waals surface area contributed by atoms with Crippen LogP contribution in [0.5, 0.6) is 11.5 Å². The van der Waals surface area contributed by atoms with Crippen LogP contribution in [0.3, 0.4) is 0 Å². The SMILES string of the molecule is Fc1cc(Br)cc(OCc2ccc(OC(F)(F)F)cc2)c1. The lowest BCUT2D eigenvalue weighted by Crippen LogP contribution is -2.17. The Bertz CT molecular complexity index is 591. The van der Waals surface area contributed by atoms with Crippen LogP contribution in [0.2, 0.25) is 0 Å². The van der Waals surface area contributed by atoms with E-state index in [2.05, 4.69) is 20.7 Å². The van der Waals surface area contributed by atoms with Gasteiger partial charge in [0.1, 0.15) is 23.9 Å². The second-order valence-corrected chi connectivity index (χ2v) is 5.00. The predicted octanol–water partition coefficient (Wildman–Crippen LogP) is 5.07. The third kappa shape index (κ3) is 5.26. The number of alkyl halides is 3. The molecule has 0 radical (unpaired) electrons. The first-order valence-corrected chi connectivity index (χ1v) is 6.55. The summed E-state index contributed by atoms with van der Waals surface area (Å²) in [5.41, 5.74) is 0.630. The highest BCUT2D eigenvalue weighted by Gasteiger charge is 2.30. The molecule has 0 aliphatic carbocycles. The minimum absolute atomic E-state index is 0.0994. The summed E-state index contributed by atoms with van der Waals surface area (Å²) in [6.45, 7) is 0.0994. The maximum Gasteiger partial charge on any atom is 0.573 e. The molecule has 0 atom stereocenters. The number of benzene rings is 2. The molecule has 0 saturated carbocycles. The zero-order valence-electron chi connectivity index (χ0n) is 10.5. The van der Waals surface area contributed by atoms with Gasteiger partial charge in [0.05, 0.1) is 0 Å². The van der Waals surface area contributed by atoms with Crippen molar-refractivity contribution in [2.24, 2.45) is 0 Å². The molecule has 2 nitrogen and oxygen atoms in total. The van der Waals surface area contributed by atoms with Crippen LogP contribution >= 0.6 is 15.9 Å². The van der Waals surface area contributed by atoms with Gasteiger partial charge < -0.3 is 9.47 Å². The number of hydrogen-bond acceptors (Lipinski definition) is 2. The summed E-state index contributed by atoms with van der Waals surface area (Å²) in [4.78, 5) is 0. The van der Waals surface area contributed by atoms with Crippen molar-refractivity contribution in [1.82, 2.24) is 0 Å². The lowest BCUT2D eigenvalue weighted by atomic mass is 10.2. The minimum atomic E-state index is -4.72. The Morgan fingerprint density at radius 3 is 2.19 bits per heavy atom. The fraction of sp³-hybridized carbons (Fsp3) is 0.143. The molecule has 0 aliphatic rings. The van der Waals surface area contributed by atoms with Gasteiger partial charge in [0.15, 0.2) is 0 Å². The molecule has 21 heavy (non-hydrogen) atoms. The molecular formula is C14H9BrF4O2. The molecule has 0 unspecified atom stereocenters. The molecule has 0 aliphatic heterocycles. The van der Waals surface area contributed by atoms with Gasteiger partial charge in [-0.15, -0.1) is 13.2 Å². The Kier molecular flexibility index (Phi) is 4.72. The normalized spacial score (nSPS) is 11.3. The third-order valence-corrected chi connectivity index (χ3v) is 2.86. The molecule has 2 aromatic carbocycles. The van der Waals surface area contributed by atoms with E-state index >= 15 is 0 Å². The molecule has 0 spiro atoms. The predicted molar refractivity (Wildman–Crippen MR) is 71.6 cm³/mol. The smallest absolute Gasteiger partial charge is 0.489 e. The topological polar surface area (TPSA) is 18.5 Å². The van der Waals surface area contributed by atoms with Gasteiger partial charge in [-0.3, -0.25) is 0 Å². The summed E-state index contributed by atoms with van der Waals surface area (Å²) < 4.78 is 58.8. The van der Waals surface area contributed by atoms with Crippen molar-refractivity contribution in [3.63, 3.8) is 0 Å². The quantitative estimate of drug-likeness (QED) is 0.705. The molecule has 0 heterocycles. The second-order valence-electron chi connectivity index (χ2n) is 4.09. The average molecular weight is 365 g/mol. The standard InChI is InChI=1S/C14H9BrF4O2/c15-10-5-11(16)7-13(6-10)20-8-9-1-3-12(4-2-9)21-14(17,18)19/h1-7H,8H2. The average Bonchev–Trinajstić information content (AvgIpc) is 2.35. The van der Waals surface area contributed by atoms with E-state index in [-0.39, 0.29) is 12.4 Å². The third-order valence-electron chi connectivity index (χ3n) is 2.40. The minimum Gasteiger partial charge on any atom is -0.489 e. The maximum atomic E-state index is 13.1. The van der Waals surface area contributed by atoms with E-state index in [1.807, 2.05) is 0 Å². The van der Waals surface area contributed by atoms with Crippen LogP contribution in [0, 0.1) is 5.82 Å². The van der Waals surface area contributed by atoms with E-state index < -0.39 is 12.2 Å². The van der Waals surface area contributed by atoms with Gasteiger partial charge in [-0.2, -0.15) is 0 Å². The molecule has 0 amide bonds. The van der Waals surface area contributed by atoms with Crippen molar-refractivity contribution in [3.8, 4) is 11.5 Å². The Morgan fingerprint density at radius 2 is 1.62 bits per heavy atom. The number of ether oxygens (including phenoxy) is 2. The first kappa shape index (κ1) is 15.6. The Labute approximate surface area is 126 Å². The fourth-order valence-electron chi connectivity index (χ4n) is 1.57. The number of rotatable bonds is 4. The zero-order valence-corrected chi connectivity index (χ0v) is 12.0. The lowest BCUT2D eigenvalue weighted by Gasteiger charge is -2.10. The molecule has 2 rings (SSSR count). The van der Waals surface area contributed by atoms with Gasteiger partial charge in [-0.1, -0.05) is 28.1 Å². The molecule has 0 aromatic heterocycles. The summed E-state index contributed by atoms with van der Waals surface area (Å²) >= 11 is 3.13. The highest BCUT2D eigenvalue weighted by molar-refractivity contribution is 9.10. The summed E-state index contributed by atoms with van der Waals surface area (Å²) in [6.07, 6.45) is -4.72. The van der Waals surface area contributed by atoms with E-state index in [9.17, 15) is 17.6 Å². The van der Waals surface area contributed by atoms with Gasteiger partial charge >= 0.3 is 6.36 Å². The fourth-order valence-corrected chi connectivity index (χ4v) is 2.01. The van der Waals surface area contributed by atoms with Crippen LogP contribution in [0.4, 0.5) is 17.6 Å². The van der Waals surface area contributed by atoms with Gasteiger partial charge in [0.2, 0.25) is 0 Å².